The monoisotopic (exact) mass is 511 g/mol. The molecule has 2 aliphatic carbocycles. The summed E-state index contributed by atoms with van der Waals surface area (Å²) < 4.78 is 38.5. The molecule has 2 aromatic carbocycles. The Hall–Kier alpha value is -2.89. The molecule has 2 saturated carbocycles. The second kappa shape index (κ2) is 11.4. The van der Waals surface area contributed by atoms with Crippen LogP contribution in [0.2, 0.25) is 0 Å². The Kier molecular flexibility index (Phi) is 8.32. The summed E-state index contributed by atoms with van der Waals surface area (Å²) in [7, 11) is -3.49. The van der Waals surface area contributed by atoms with Gasteiger partial charge >= 0.3 is 16.1 Å². The van der Waals surface area contributed by atoms with E-state index < -0.39 is 21.3 Å². The molecule has 4 rings (SSSR count). The number of primary amides is 1. The second-order valence-electron chi connectivity index (χ2n) is 10.1. The van der Waals surface area contributed by atoms with Crippen molar-refractivity contribution in [2.24, 2.45) is 17.1 Å². The van der Waals surface area contributed by atoms with E-state index in [2.05, 4.69) is 34.6 Å². The molecule has 0 aliphatic heterocycles. The highest BCUT2D eigenvalue weighted by atomic mass is 32.2. The van der Waals surface area contributed by atoms with Crippen LogP contribution in [0.1, 0.15) is 62.0 Å². The zero-order chi connectivity index (χ0) is 25.6. The zero-order valence-corrected chi connectivity index (χ0v) is 21.6. The largest absolute Gasteiger partial charge is 0.489 e. The number of benzene rings is 2. The van der Waals surface area contributed by atoms with Crippen molar-refractivity contribution in [2.75, 3.05) is 12.9 Å². The first-order chi connectivity index (χ1) is 17.2. The fourth-order valence-corrected chi connectivity index (χ4v) is 5.68. The van der Waals surface area contributed by atoms with E-state index in [1.807, 2.05) is 30.3 Å². The summed E-state index contributed by atoms with van der Waals surface area (Å²) in [6.45, 7) is 0.796. The molecule has 2 aromatic rings. The maximum atomic E-state index is 12.3. The molecule has 0 aromatic heterocycles. The fourth-order valence-electron chi connectivity index (χ4n) is 5.34. The van der Waals surface area contributed by atoms with Crippen LogP contribution in [0.15, 0.2) is 54.6 Å². The van der Waals surface area contributed by atoms with E-state index in [9.17, 15) is 13.2 Å². The van der Waals surface area contributed by atoms with E-state index in [1.54, 1.807) is 0 Å². The molecule has 8 heteroatoms. The molecule has 0 radical (unpaired) electrons. The summed E-state index contributed by atoms with van der Waals surface area (Å²) in [6.07, 6.45) is 6.47. The van der Waals surface area contributed by atoms with Crippen molar-refractivity contribution in [3.05, 3.63) is 70.0 Å². The predicted molar refractivity (Wildman–Crippen MR) is 139 cm³/mol. The maximum absolute atomic E-state index is 12.3. The van der Waals surface area contributed by atoms with Crippen LogP contribution in [-0.2, 0) is 26.2 Å². The molecular weight excluding hydrogens is 476 g/mol. The van der Waals surface area contributed by atoms with Crippen LogP contribution in [0.5, 0.6) is 5.75 Å². The minimum atomic E-state index is -3.49. The van der Waals surface area contributed by atoms with Gasteiger partial charge in [0.15, 0.2) is 0 Å². The number of amides is 1. The molecule has 0 saturated heterocycles. The van der Waals surface area contributed by atoms with Crippen LogP contribution in [0.3, 0.4) is 0 Å². The Bertz CT molecular complexity index is 1210. The van der Waals surface area contributed by atoms with Gasteiger partial charge in [-0.05, 0) is 68.1 Å². The lowest BCUT2D eigenvalue weighted by Crippen LogP contribution is -2.40. The Morgan fingerprint density at radius 3 is 2.44 bits per heavy atom. The minimum Gasteiger partial charge on any atom is -0.489 e. The molecule has 7 nitrogen and oxygen atoms in total. The van der Waals surface area contributed by atoms with Crippen molar-refractivity contribution in [2.45, 2.75) is 63.6 Å². The van der Waals surface area contributed by atoms with Gasteiger partial charge in [-0.15, -0.1) is 8.42 Å². The summed E-state index contributed by atoms with van der Waals surface area (Å²) in [5.74, 6) is 0.727. The van der Waals surface area contributed by atoms with Crippen molar-refractivity contribution < 1.29 is 22.7 Å². The number of nitrogens with two attached hydrogens (primary N) is 1. The third-order valence-corrected chi connectivity index (χ3v) is 7.83. The lowest BCUT2D eigenvalue weighted by molar-refractivity contribution is -0.133. The summed E-state index contributed by atoms with van der Waals surface area (Å²) in [5, 5.41) is 0. The Morgan fingerprint density at radius 1 is 1.06 bits per heavy atom. The normalized spacial score (nSPS) is 26.1. The van der Waals surface area contributed by atoms with Crippen LogP contribution in [0.4, 0.5) is 0 Å². The maximum Gasteiger partial charge on any atom is 0.476 e. The minimum absolute atomic E-state index is 0.0718. The molecule has 2 fully saturated rings. The van der Waals surface area contributed by atoms with Crippen molar-refractivity contribution in [3.8, 4) is 11.8 Å². The van der Waals surface area contributed by atoms with Crippen molar-refractivity contribution in [1.82, 2.24) is 0 Å². The summed E-state index contributed by atoms with van der Waals surface area (Å²) >= 11 is 0. The molecule has 1 unspecified atom stereocenters. The van der Waals surface area contributed by atoms with Crippen molar-refractivity contribution in [1.29, 1.82) is 0 Å². The SMILES string of the molecule is CS(=O)(=O)[N+]#CC1CC[C@](COC2CCC(c3ccccc3OCc3ccccc3)CC2)(C(N)=O)C1. The number of ether oxygens (including phenoxy) is 2. The van der Waals surface area contributed by atoms with Gasteiger partial charge in [-0.3, -0.25) is 4.79 Å². The number of hydrogen-bond acceptors (Lipinski definition) is 5. The third kappa shape index (κ3) is 6.86. The standard InChI is InChI=1S/C28H34N2O5S/c1-36(32,33)30-18-22-15-16-28(17-22,27(29)31)20-35-24-13-11-23(12-14-24)25-9-5-6-10-26(25)34-19-21-7-3-2-4-8-21/h2-10,22-24H,11-17,19-20H2,1H3,(H-,29,31)/p+1/t22?,23?,24?,28-/m0/s1. The van der Waals surface area contributed by atoms with Gasteiger partial charge in [0.25, 0.3) is 0 Å². The molecular formula is C28H35N2O5S+. The van der Waals surface area contributed by atoms with Gasteiger partial charge in [-0.25, -0.2) is 0 Å². The van der Waals surface area contributed by atoms with Crippen LogP contribution in [0.25, 0.3) is 4.25 Å². The smallest absolute Gasteiger partial charge is 0.476 e. The van der Waals surface area contributed by atoms with Crippen LogP contribution < -0.4 is 10.5 Å². The van der Waals surface area contributed by atoms with Gasteiger partial charge < -0.3 is 15.2 Å². The van der Waals surface area contributed by atoms with Crippen molar-refractivity contribution in [3.63, 3.8) is 0 Å². The van der Waals surface area contributed by atoms with Gasteiger partial charge in [0.05, 0.1) is 28.3 Å². The average Bonchev–Trinajstić information content (AvgIpc) is 3.31. The quantitative estimate of drug-likeness (QED) is 0.545. The molecule has 2 aliphatic rings. The highest BCUT2D eigenvalue weighted by Crippen LogP contribution is 2.43. The lowest BCUT2D eigenvalue weighted by Gasteiger charge is -2.33. The number of nitrogens with zero attached hydrogens (tertiary/aromatic N) is 1. The fraction of sp³-hybridized carbons (Fsp3) is 0.500. The molecule has 2 N–H and O–H groups in total. The molecule has 192 valence electrons. The van der Waals surface area contributed by atoms with Crippen LogP contribution in [0, 0.1) is 17.4 Å². The second-order valence-corrected chi connectivity index (χ2v) is 11.8. The first kappa shape index (κ1) is 26.2. The highest BCUT2D eigenvalue weighted by Gasteiger charge is 2.46. The average molecular weight is 512 g/mol. The molecule has 0 heterocycles. The van der Waals surface area contributed by atoms with E-state index in [-0.39, 0.29) is 18.6 Å². The summed E-state index contributed by atoms with van der Waals surface area (Å²) in [5.41, 5.74) is 7.35. The number of carbonyl (C=O) groups is 1. The molecule has 0 spiro atoms. The first-order valence-electron chi connectivity index (χ1n) is 12.6. The van der Waals surface area contributed by atoms with E-state index in [4.69, 9.17) is 15.2 Å². The van der Waals surface area contributed by atoms with E-state index in [1.165, 1.54) is 5.56 Å². The van der Waals surface area contributed by atoms with Gasteiger partial charge in [0, 0.05) is 0 Å². The number of para-hydroxylation sites is 1. The van der Waals surface area contributed by atoms with Crippen LogP contribution >= 0.6 is 0 Å². The van der Waals surface area contributed by atoms with Gasteiger partial charge in [-0.1, -0.05) is 48.5 Å². The lowest BCUT2D eigenvalue weighted by atomic mass is 9.81. The number of rotatable bonds is 8. The van der Waals surface area contributed by atoms with Gasteiger partial charge in [-0.2, -0.15) is 0 Å². The summed E-state index contributed by atoms with van der Waals surface area (Å²) in [6, 6.07) is 21.1. The Labute approximate surface area is 213 Å². The molecule has 36 heavy (non-hydrogen) atoms. The van der Waals surface area contributed by atoms with E-state index in [0.717, 1.165) is 43.3 Å². The van der Waals surface area contributed by atoms with E-state index >= 15 is 0 Å². The first-order valence-corrected chi connectivity index (χ1v) is 14.4. The van der Waals surface area contributed by atoms with Crippen LogP contribution in [-0.4, -0.2) is 33.3 Å². The zero-order valence-electron chi connectivity index (χ0n) is 20.8. The van der Waals surface area contributed by atoms with E-state index in [0.29, 0.717) is 31.8 Å². The van der Waals surface area contributed by atoms with Crippen molar-refractivity contribution >= 4 is 15.9 Å². The topological polar surface area (TPSA) is 100 Å². The third-order valence-electron chi connectivity index (χ3n) is 7.40. The molecule has 2 atom stereocenters. The van der Waals surface area contributed by atoms with Gasteiger partial charge in [0.1, 0.15) is 18.6 Å². The Morgan fingerprint density at radius 2 is 1.75 bits per heavy atom. The van der Waals surface area contributed by atoms with Gasteiger partial charge in [0.2, 0.25) is 5.91 Å². The number of sulfonamides is 1. The Balaban J connectivity index is 1.31. The predicted octanol–water partition coefficient (Wildman–Crippen LogP) is 4.87. The number of hydrogen-bond donors (Lipinski definition) is 1. The molecule has 1 amide bonds. The highest BCUT2D eigenvalue weighted by molar-refractivity contribution is 7.92. The number of carbonyl (C=O) groups excluding carboxylic acids is 1. The summed E-state index contributed by atoms with van der Waals surface area (Å²) in [4.78, 5) is 12.3. The molecule has 0 bridgehead atoms.